The zero-order chi connectivity index (χ0) is 17.2. The molecule has 1 atom stereocenters. The van der Waals surface area contributed by atoms with Gasteiger partial charge in [0, 0.05) is 32.2 Å². The number of likely N-dealkylation sites (tertiary alicyclic amines) is 2. The molecule has 2 fully saturated rings. The molecule has 2 saturated heterocycles. The third-order valence-electron chi connectivity index (χ3n) is 5.67. The van der Waals surface area contributed by atoms with E-state index < -0.39 is 0 Å². The van der Waals surface area contributed by atoms with Gasteiger partial charge in [-0.1, -0.05) is 13.3 Å². The molecule has 1 N–H and O–H groups in total. The van der Waals surface area contributed by atoms with Gasteiger partial charge in [-0.2, -0.15) is 0 Å². The molecular weight excluding hydrogens is 300 g/mol. The van der Waals surface area contributed by atoms with Crippen molar-refractivity contribution in [1.29, 1.82) is 0 Å². The van der Waals surface area contributed by atoms with Crippen LogP contribution in [0.2, 0.25) is 0 Å². The third kappa shape index (κ3) is 6.25. The normalized spacial score (nSPS) is 22.7. The molecule has 140 valence electrons. The minimum absolute atomic E-state index is 0.115. The Bertz CT molecular complexity index is 357. The van der Waals surface area contributed by atoms with Crippen molar-refractivity contribution in [2.45, 2.75) is 64.8 Å². The topological polar surface area (TPSA) is 38.8 Å². The fourth-order valence-electron chi connectivity index (χ4n) is 4.13. The van der Waals surface area contributed by atoms with Gasteiger partial charge in [0.1, 0.15) is 0 Å². The molecule has 2 aliphatic heterocycles. The smallest absolute Gasteiger partial charge is 0.317 e. The van der Waals surface area contributed by atoms with E-state index in [0.717, 1.165) is 45.2 Å². The molecule has 5 heteroatoms. The predicted molar refractivity (Wildman–Crippen MR) is 100 cm³/mol. The molecule has 0 unspecified atom stereocenters. The van der Waals surface area contributed by atoms with Crippen molar-refractivity contribution in [3.05, 3.63) is 0 Å². The molecule has 0 spiro atoms. The van der Waals surface area contributed by atoms with E-state index in [4.69, 9.17) is 0 Å². The molecule has 0 aromatic heterocycles. The Morgan fingerprint density at radius 3 is 2.54 bits per heavy atom. The number of carbonyl (C=O) groups is 1. The van der Waals surface area contributed by atoms with Gasteiger partial charge in [0.05, 0.1) is 0 Å². The van der Waals surface area contributed by atoms with Gasteiger partial charge >= 0.3 is 6.03 Å². The first-order valence-electron chi connectivity index (χ1n) is 10.2. The highest BCUT2D eigenvalue weighted by atomic mass is 16.2. The van der Waals surface area contributed by atoms with E-state index >= 15 is 0 Å². The molecule has 2 heterocycles. The van der Waals surface area contributed by atoms with Crippen molar-refractivity contribution in [2.24, 2.45) is 0 Å². The molecule has 0 saturated carbocycles. The van der Waals surface area contributed by atoms with Crippen molar-refractivity contribution >= 4 is 6.03 Å². The van der Waals surface area contributed by atoms with Crippen LogP contribution in [0.1, 0.15) is 58.8 Å². The Labute approximate surface area is 148 Å². The Morgan fingerprint density at radius 2 is 1.83 bits per heavy atom. The summed E-state index contributed by atoms with van der Waals surface area (Å²) in [4.78, 5) is 19.4. The van der Waals surface area contributed by atoms with Crippen LogP contribution in [-0.4, -0.2) is 79.1 Å². The standard InChI is InChI=1S/C19H38N4O/c1-3-18-10-5-6-15-23(18)17-11-20-19(24)22(4-2)16-9-14-21-12-7-8-13-21/h18H,3-17H2,1-2H3,(H,20,24)/t18-/m1/s1. The molecule has 2 amide bonds. The van der Waals surface area contributed by atoms with Crippen LogP contribution in [0.3, 0.4) is 0 Å². The quantitative estimate of drug-likeness (QED) is 0.702. The first kappa shape index (κ1) is 19.5. The highest BCUT2D eigenvalue weighted by Gasteiger charge is 2.20. The van der Waals surface area contributed by atoms with Gasteiger partial charge in [0.2, 0.25) is 0 Å². The minimum atomic E-state index is 0.115. The highest BCUT2D eigenvalue weighted by molar-refractivity contribution is 5.74. The number of piperidine rings is 1. The van der Waals surface area contributed by atoms with Crippen molar-refractivity contribution in [3.63, 3.8) is 0 Å². The molecule has 0 aromatic carbocycles. The average Bonchev–Trinajstić information content (AvgIpc) is 3.12. The van der Waals surface area contributed by atoms with E-state index in [1.54, 1.807) is 0 Å². The van der Waals surface area contributed by atoms with Gasteiger partial charge in [-0.3, -0.25) is 4.90 Å². The van der Waals surface area contributed by atoms with Crippen molar-refractivity contribution in [3.8, 4) is 0 Å². The first-order chi connectivity index (χ1) is 11.7. The molecule has 5 nitrogen and oxygen atoms in total. The number of hydrogen-bond acceptors (Lipinski definition) is 3. The van der Waals surface area contributed by atoms with Crippen molar-refractivity contribution in [1.82, 2.24) is 20.0 Å². The third-order valence-corrected chi connectivity index (χ3v) is 5.67. The van der Waals surface area contributed by atoms with E-state index in [2.05, 4.69) is 29.0 Å². The summed E-state index contributed by atoms with van der Waals surface area (Å²) in [5.41, 5.74) is 0. The largest absolute Gasteiger partial charge is 0.337 e. The molecule has 0 aromatic rings. The van der Waals surface area contributed by atoms with Crippen LogP contribution in [-0.2, 0) is 0 Å². The number of amides is 2. The summed E-state index contributed by atoms with van der Waals surface area (Å²) in [6.45, 7) is 12.6. The zero-order valence-electron chi connectivity index (χ0n) is 15.9. The predicted octanol–water partition coefficient (Wildman–Crippen LogP) is 2.77. The lowest BCUT2D eigenvalue weighted by Gasteiger charge is -2.35. The number of urea groups is 1. The summed E-state index contributed by atoms with van der Waals surface area (Å²) in [7, 11) is 0. The van der Waals surface area contributed by atoms with Crippen LogP contribution in [0, 0.1) is 0 Å². The lowest BCUT2D eigenvalue weighted by Crippen LogP contribution is -2.46. The fourth-order valence-corrected chi connectivity index (χ4v) is 4.13. The maximum atomic E-state index is 12.4. The molecule has 0 bridgehead atoms. The second kappa shape index (κ2) is 10.9. The van der Waals surface area contributed by atoms with Gasteiger partial charge < -0.3 is 15.1 Å². The number of nitrogens with one attached hydrogen (secondary N) is 1. The van der Waals surface area contributed by atoms with E-state index in [9.17, 15) is 4.79 Å². The minimum Gasteiger partial charge on any atom is -0.337 e. The molecule has 2 rings (SSSR count). The van der Waals surface area contributed by atoms with Gasteiger partial charge in [-0.25, -0.2) is 4.79 Å². The first-order valence-corrected chi connectivity index (χ1v) is 10.2. The summed E-state index contributed by atoms with van der Waals surface area (Å²) >= 11 is 0. The van der Waals surface area contributed by atoms with Crippen LogP contribution in [0.25, 0.3) is 0 Å². The van der Waals surface area contributed by atoms with Crippen LogP contribution < -0.4 is 5.32 Å². The van der Waals surface area contributed by atoms with Crippen molar-refractivity contribution in [2.75, 3.05) is 52.4 Å². The number of nitrogens with zero attached hydrogens (tertiary/aromatic N) is 3. The zero-order valence-corrected chi connectivity index (χ0v) is 15.9. The van der Waals surface area contributed by atoms with Crippen LogP contribution in [0.5, 0.6) is 0 Å². The number of carbonyl (C=O) groups excluding carboxylic acids is 1. The van der Waals surface area contributed by atoms with E-state index in [1.807, 2.05) is 4.90 Å². The number of rotatable bonds is 9. The van der Waals surface area contributed by atoms with Crippen molar-refractivity contribution < 1.29 is 4.79 Å². The summed E-state index contributed by atoms with van der Waals surface area (Å²) in [5, 5.41) is 3.14. The summed E-state index contributed by atoms with van der Waals surface area (Å²) in [6, 6.07) is 0.836. The Kier molecular flexibility index (Phi) is 8.89. The van der Waals surface area contributed by atoms with E-state index in [-0.39, 0.29) is 6.03 Å². The van der Waals surface area contributed by atoms with Gasteiger partial charge in [-0.15, -0.1) is 0 Å². The lowest BCUT2D eigenvalue weighted by molar-refractivity contribution is 0.143. The van der Waals surface area contributed by atoms with Gasteiger partial charge in [0.15, 0.2) is 0 Å². The van der Waals surface area contributed by atoms with Crippen LogP contribution >= 0.6 is 0 Å². The maximum absolute atomic E-state index is 12.4. The Morgan fingerprint density at radius 1 is 1.08 bits per heavy atom. The lowest BCUT2D eigenvalue weighted by atomic mass is 10.0. The van der Waals surface area contributed by atoms with E-state index in [0.29, 0.717) is 0 Å². The Balaban J connectivity index is 1.61. The molecule has 0 radical (unpaired) electrons. The molecular formula is C19H38N4O. The molecule has 24 heavy (non-hydrogen) atoms. The van der Waals surface area contributed by atoms with Gasteiger partial charge in [-0.05, 0) is 71.6 Å². The average molecular weight is 339 g/mol. The van der Waals surface area contributed by atoms with Crippen LogP contribution in [0.4, 0.5) is 4.79 Å². The SMILES string of the molecule is CC[C@@H]1CCCCN1CCNC(=O)N(CC)CCCN1CCCC1. The summed E-state index contributed by atoms with van der Waals surface area (Å²) < 4.78 is 0. The monoisotopic (exact) mass is 338 g/mol. The van der Waals surface area contributed by atoms with E-state index in [1.165, 1.54) is 58.2 Å². The second-order valence-corrected chi connectivity index (χ2v) is 7.31. The summed E-state index contributed by atoms with van der Waals surface area (Å²) in [5.74, 6) is 0. The fraction of sp³-hybridized carbons (Fsp3) is 0.947. The molecule has 2 aliphatic rings. The van der Waals surface area contributed by atoms with Crippen LogP contribution in [0.15, 0.2) is 0 Å². The maximum Gasteiger partial charge on any atom is 0.317 e. The second-order valence-electron chi connectivity index (χ2n) is 7.31. The summed E-state index contributed by atoms with van der Waals surface area (Å²) in [6.07, 6.45) is 8.99. The molecule has 0 aliphatic carbocycles. The number of hydrogen-bond donors (Lipinski definition) is 1. The Hall–Kier alpha value is -0.810. The van der Waals surface area contributed by atoms with Gasteiger partial charge in [0.25, 0.3) is 0 Å². The highest BCUT2D eigenvalue weighted by Crippen LogP contribution is 2.18.